The Morgan fingerprint density at radius 3 is 2.62 bits per heavy atom. The van der Waals surface area contributed by atoms with Crippen LogP contribution in [0.3, 0.4) is 0 Å². The summed E-state index contributed by atoms with van der Waals surface area (Å²) < 4.78 is 0. The fourth-order valence-corrected chi connectivity index (χ4v) is 2.09. The quantitative estimate of drug-likeness (QED) is 0.795. The van der Waals surface area contributed by atoms with E-state index in [0.29, 0.717) is 12.2 Å². The highest BCUT2D eigenvalue weighted by Crippen LogP contribution is 2.13. The summed E-state index contributed by atoms with van der Waals surface area (Å²) in [6.07, 6.45) is 0. The van der Waals surface area contributed by atoms with E-state index in [1.165, 1.54) is 6.92 Å². The molecule has 0 aliphatic rings. The lowest BCUT2D eigenvalue weighted by Gasteiger charge is -2.15. The molecule has 1 aromatic carbocycles. The molecule has 21 heavy (non-hydrogen) atoms. The Morgan fingerprint density at radius 1 is 1.29 bits per heavy atom. The second-order valence-corrected chi connectivity index (χ2v) is 5.50. The molecular formula is C14H18N2O4S. The highest BCUT2D eigenvalue weighted by atomic mass is 32.2. The molecule has 0 unspecified atom stereocenters. The fraction of sp³-hybridized carbons (Fsp3) is 0.357. The van der Waals surface area contributed by atoms with Gasteiger partial charge in [0.2, 0.25) is 11.8 Å². The number of rotatable bonds is 7. The average Bonchev–Trinajstić information content (AvgIpc) is 2.38. The van der Waals surface area contributed by atoms with Crippen LogP contribution in [0.4, 0.5) is 5.69 Å². The number of carbonyl (C=O) groups is 3. The summed E-state index contributed by atoms with van der Waals surface area (Å²) in [7, 11) is 1.70. The number of hydrogen-bond acceptors (Lipinski definition) is 4. The van der Waals surface area contributed by atoms with Crippen LogP contribution in [0, 0.1) is 0 Å². The van der Waals surface area contributed by atoms with Gasteiger partial charge in [0.15, 0.2) is 0 Å². The number of hydrogen-bond donors (Lipinski definition) is 2. The van der Waals surface area contributed by atoms with E-state index >= 15 is 0 Å². The van der Waals surface area contributed by atoms with Gasteiger partial charge in [-0.2, -0.15) is 0 Å². The van der Waals surface area contributed by atoms with E-state index in [9.17, 15) is 14.4 Å². The minimum absolute atomic E-state index is 0.0329. The summed E-state index contributed by atoms with van der Waals surface area (Å²) in [6, 6.07) is 7.20. The van der Waals surface area contributed by atoms with E-state index in [1.807, 2.05) is 6.07 Å². The first kappa shape index (κ1) is 17.0. The number of anilines is 1. The Balaban J connectivity index is 2.54. The number of thioether (sulfide) groups is 1. The zero-order valence-corrected chi connectivity index (χ0v) is 12.8. The monoisotopic (exact) mass is 310 g/mol. The van der Waals surface area contributed by atoms with E-state index in [4.69, 9.17) is 5.11 Å². The van der Waals surface area contributed by atoms with Gasteiger partial charge in [0.05, 0.1) is 11.5 Å². The number of carboxylic acids is 1. The topological polar surface area (TPSA) is 86.7 Å². The lowest BCUT2D eigenvalue weighted by atomic mass is 10.2. The van der Waals surface area contributed by atoms with Gasteiger partial charge in [-0.1, -0.05) is 12.1 Å². The first-order valence-corrected chi connectivity index (χ1v) is 7.44. The maximum atomic E-state index is 11.6. The molecule has 0 saturated heterocycles. The van der Waals surface area contributed by atoms with E-state index < -0.39 is 5.97 Å². The Morgan fingerprint density at radius 2 is 2.00 bits per heavy atom. The summed E-state index contributed by atoms with van der Waals surface area (Å²) in [5.74, 6) is -1.24. The third-order valence-electron chi connectivity index (χ3n) is 2.63. The highest BCUT2D eigenvalue weighted by Gasteiger charge is 2.07. The van der Waals surface area contributed by atoms with Crippen molar-refractivity contribution in [3.63, 3.8) is 0 Å². The number of amides is 2. The normalized spacial score (nSPS) is 10.0. The number of carboxylic acid groups (broad SMARTS) is 1. The third kappa shape index (κ3) is 6.80. The van der Waals surface area contributed by atoms with Crippen LogP contribution in [-0.2, 0) is 20.9 Å². The number of benzene rings is 1. The Kier molecular flexibility index (Phi) is 6.74. The average molecular weight is 310 g/mol. The summed E-state index contributed by atoms with van der Waals surface area (Å²) in [4.78, 5) is 34.8. The van der Waals surface area contributed by atoms with E-state index in [2.05, 4.69) is 5.32 Å². The minimum atomic E-state index is -0.943. The summed E-state index contributed by atoms with van der Waals surface area (Å²) in [6.45, 7) is 1.96. The molecule has 0 aromatic heterocycles. The zero-order chi connectivity index (χ0) is 15.8. The van der Waals surface area contributed by atoms with Crippen molar-refractivity contribution >= 4 is 35.2 Å². The summed E-state index contributed by atoms with van der Waals surface area (Å²) in [5.41, 5.74) is 1.54. The SMILES string of the molecule is CC(=O)N(C)Cc1cccc(NC(=O)CSCC(=O)O)c1. The molecule has 6 nitrogen and oxygen atoms in total. The molecule has 0 spiro atoms. The second kappa shape index (κ2) is 8.31. The molecule has 0 radical (unpaired) electrons. The standard InChI is InChI=1S/C14H18N2O4S/c1-10(17)16(2)7-11-4-3-5-12(6-11)15-13(18)8-21-9-14(19)20/h3-6H,7-9H2,1-2H3,(H,15,18)(H,19,20). The third-order valence-corrected chi connectivity index (χ3v) is 3.54. The van der Waals surface area contributed by atoms with E-state index in [0.717, 1.165) is 17.3 Å². The number of nitrogens with one attached hydrogen (secondary N) is 1. The van der Waals surface area contributed by atoms with Crippen molar-refractivity contribution in [1.82, 2.24) is 4.90 Å². The van der Waals surface area contributed by atoms with Crippen molar-refractivity contribution in [1.29, 1.82) is 0 Å². The van der Waals surface area contributed by atoms with Crippen molar-refractivity contribution < 1.29 is 19.5 Å². The van der Waals surface area contributed by atoms with Gasteiger partial charge in [-0.15, -0.1) is 11.8 Å². The number of carbonyl (C=O) groups excluding carboxylic acids is 2. The van der Waals surface area contributed by atoms with Gasteiger partial charge in [-0.05, 0) is 17.7 Å². The first-order valence-electron chi connectivity index (χ1n) is 6.28. The first-order chi connectivity index (χ1) is 9.88. The molecule has 114 valence electrons. The fourth-order valence-electron chi connectivity index (χ4n) is 1.56. The molecular weight excluding hydrogens is 292 g/mol. The lowest BCUT2D eigenvalue weighted by Crippen LogP contribution is -2.23. The summed E-state index contributed by atoms with van der Waals surface area (Å²) in [5, 5.41) is 11.2. The largest absolute Gasteiger partial charge is 0.481 e. The summed E-state index contributed by atoms with van der Waals surface area (Å²) >= 11 is 1.04. The van der Waals surface area contributed by atoms with Gasteiger partial charge in [-0.3, -0.25) is 14.4 Å². The molecule has 2 amide bonds. The van der Waals surface area contributed by atoms with Crippen LogP contribution in [0.1, 0.15) is 12.5 Å². The van der Waals surface area contributed by atoms with Crippen LogP contribution >= 0.6 is 11.8 Å². The molecule has 2 N–H and O–H groups in total. The minimum Gasteiger partial charge on any atom is -0.481 e. The van der Waals surface area contributed by atoms with Crippen LogP contribution in [0.15, 0.2) is 24.3 Å². The Bertz CT molecular complexity index is 533. The van der Waals surface area contributed by atoms with Crippen LogP contribution < -0.4 is 5.32 Å². The Labute approximate surface area is 127 Å². The number of nitrogens with zero attached hydrogens (tertiary/aromatic N) is 1. The predicted octanol–water partition coefficient (Wildman–Crippen LogP) is 1.42. The van der Waals surface area contributed by atoms with Crippen molar-refractivity contribution in [3.05, 3.63) is 29.8 Å². The molecule has 0 aliphatic heterocycles. The van der Waals surface area contributed by atoms with Gasteiger partial charge in [0.1, 0.15) is 0 Å². The van der Waals surface area contributed by atoms with Crippen LogP contribution in [0.25, 0.3) is 0 Å². The van der Waals surface area contributed by atoms with Crippen molar-refractivity contribution in [2.24, 2.45) is 0 Å². The maximum absolute atomic E-state index is 11.6. The van der Waals surface area contributed by atoms with E-state index in [-0.39, 0.29) is 23.3 Å². The van der Waals surface area contributed by atoms with Gasteiger partial charge in [0, 0.05) is 26.2 Å². The van der Waals surface area contributed by atoms with Crippen molar-refractivity contribution in [2.45, 2.75) is 13.5 Å². The molecule has 0 bridgehead atoms. The molecule has 0 fully saturated rings. The maximum Gasteiger partial charge on any atom is 0.313 e. The van der Waals surface area contributed by atoms with Crippen LogP contribution in [0.5, 0.6) is 0 Å². The van der Waals surface area contributed by atoms with E-state index in [1.54, 1.807) is 30.1 Å². The molecule has 1 rings (SSSR count). The lowest BCUT2D eigenvalue weighted by molar-refractivity contribution is -0.134. The van der Waals surface area contributed by atoms with Crippen LogP contribution in [0.2, 0.25) is 0 Å². The molecule has 0 aliphatic carbocycles. The van der Waals surface area contributed by atoms with Gasteiger partial charge in [0.25, 0.3) is 0 Å². The van der Waals surface area contributed by atoms with Crippen molar-refractivity contribution in [3.8, 4) is 0 Å². The Hall–Kier alpha value is -2.02. The van der Waals surface area contributed by atoms with Crippen molar-refractivity contribution in [2.75, 3.05) is 23.9 Å². The zero-order valence-electron chi connectivity index (χ0n) is 12.0. The molecule has 0 heterocycles. The molecule has 7 heteroatoms. The highest BCUT2D eigenvalue weighted by molar-refractivity contribution is 8.00. The van der Waals surface area contributed by atoms with Crippen LogP contribution in [-0.4, -0.2) is 46.3 Å². The molecule has 0 atom stereocenters. The van der Waals surface area contributed by atoms with Gasteiger partial charge in [-0.25, -0.2) is 0 Å². The second-order valence-electron chi connectivity index (χ2n) is 4.51. The number of aliphatic carboxylic acids is 1. The smallest absolute Gasteiger partial charge is 0.313 e. The molecule has 0 saturated carbocycles. The molecule has 1 aromatic rings. The van der Waals surface area contributed by atoms with Gasteiger partial charge < -0.3 is 15.3 Å². The predicted molar refractivity (Wildman–Crippen MR) is 82.2 cm³/mol. The van der Waals surface area contributed by atoms with Gasteiger partial charge >= 0.3 is 5.97 Å².